The minimum absolute atomic E-state index is 0.114. The van der Waals surface area contributed by atoms with E-state index < -0.39 is 0 Å². The van der Waals surface area contributed by atoms with E-state index in [9.17, 15) is 9.59 Å². The first-order chi connectivity index (χ1) is 13.0. The fourth-order valence-corrected chi connectivity index (χ4v) is 3.43. The first kappa shape index (κ1) is 19.0. The number of carbonyl (C=O) groups excluding carboxylic acids is 2. The van der Waals surface area contributed by atoms with Crippen molar-refractivity contribution in [1.82, 2.24) is 10.2 Å². The Hall–Kier alpha value is -2.82. The predicted octanol–water partition coefficient (Wildman–Crippen LogP) is 3.16. The van der Waals surface area contributed by atoms with Crippen LogP contribution in [0.1, 0.15) is 30.1 Å². The summed E-state index contributed by atoms with van der Waals surface area (Å²) in [5, 5.41) is 3.01. The molecule has 1 fully saturated rings. The van der Waals surface area contributed by atoms with Crippen LogP contribution in [0.3, 0.4) is 0 Å². The standard InChI is InChI=1S/C22H27N3O2/c1-4-11-25-15-19(14-21(25)26)23-22(27)18-9-5-7-16(12-18)17-8-6-10-20(13-17)24(2)3/h5-10,12-13,19H,4,11,14-15H2,1-3H3,(H,23,27)/t19-/m1/s1. The maximum absolute atomic E-state index is 12.7. The van der Waals surface area contributed by atoms with Crippen molar-refractivity contribution in [2.45, 2.75) is 25.8 Å². The molecule has 0 saturated carbocycles. The molecular formula is C22H27N3O2. The topological polar surface area (TPSA) is 52.7 Å². The van der Waals surface area contributed by atoms with Crippen LogP contribution in [-0.4, -0.2) is 49.9 Å². The number of benzene rings is 2. The van der Waals surface area contributed by atoms with E-state index in [1.165, 1.54) is 0 Å². The molecule has 5 nitrogen and oxygen atoms in total. The Morgan fingerprint density at radius 2 is 1.85 bits per heavy atom. The largest absolute Gasteiger partial charge is 0.378 e. The van der Waals surface area contributed by atoms with Crippen molar-refractivity contribution in [3.8, 4) is 11.1 Å². The number of hydrogen-bond acceptors (Lipinski definition) is 3. The number of nitrogens with one attached hydrogen (secondary N) is 1. The van der Waals surface area contributed by atoms with Gasteiger partial charge in [0.2, 0.25) is 5.91 Å². The zero-order chi connectivity index (χ0) is 19.4. The molecule has 0 aliphatic carbocycles. The van der Waals surface area contributed by atoms with Crippen molar-refractivity contribution in [3.63, 3.8) is 0 Å². The molecule has 0 spiro atoms. The van der Waals surface area contributed by atoms with Gasteiger partial charge in [-0.3, -0.25) is 9.59 Å². The van der Waals surface area contributed by atoms with Crippen LogP contribution in [-0.2, 0) is 4.79 Å². The summed E-state index contributed by atoms with van der Waals surface area (Å²) in [5.74, 6) is -0.00633. The lowest BCUT2D eigenvalue weighted by molar-refractivity contribution is -0.127. The molecule has 2 aromatic rings. The Kier molecular flexibility index (Phi) is 5.79. The van der Waals surface area contributed by atoms with Crippen molar-refractivity contribution >= 4 is 17.5 Å². The van der Waals surface area contributed by atoms with Gasteiger partial charge in [0.25, 0.3) is 5.91 Å². The molecule has 1 aliphatic rings. The summed E-state index contributed by atoms with van der Waals surface area (Å²) in [6.45, 7) is 3.40. The first-order valence-corrected chi connectivity index (χ1v) is 9.44. The third kappa shape index (κ3) is 4.48. The molecule has 27 heavy (non-hydrogen) atoms. The second-order valence-corrected chi connectivity index (χ2v) is 7.24. The van der Waals surface area contributed by atoms with E-state index in [4.69, 9.17) is 0 Å². The summed E-state index contributed by atoms with van der Waals surface area (Å²) >= 11 is 0. The highest BCUT2D eigenvalue weighted by Crippen LogP contribution is 2.25. The Balaban J connectivity index is 1.73. The van der Waals surface area contributed by atoms with E-state index >= 15 is 0 Å². The normalized spacial score (nSPS) is 16.5. The number of hydrogen-bond donors (Lipinski definition) is 1. The van der Waals surface area contributed by atoms with Gasteiger partial charge in [0.1, 0.15) is 0 Å². The molecular weight excluding hydrogens is 338 g/mol. The second-order valence-electron chi connectivity index (χ2n) is 7.24. The highest BCUT2D eigenvalue weighted by atomic mass is 16.2. The Morgan fingerprint density at radius 3 is 2.56 bits per heavy atom. The Bertz CT molecular complexity index is 832. The third-order valence-corrected chi connectivity index (χ3v) is 4.86. The molecule has 142 valence electrons. The maximum atomic E-state index is 12.7. The van der Waals surface area contributed by atoms with Crippen LogP contribution in [0.4, 0.5) is 5.69 Å². The zero-order valence-electron chi connectivity index (χ0n) is 16.2. The number of amides is 2. The van der Waals surface area contributed by atoms with Gasteiger partial charge in [-0.25, -0.2) is 0 Å². The molecule has 1 heterocycles. The predicted molar refractivity (Wildman–Crippen MR) is 109 cm³/mol. The van der Waals surface area contributed by atoms with Gasteiger partial charge in [0, 0.05) is 44.9 Å². The minimum atomic E-state index is -0.128. The van der Waals surface area contributed by atoms with Gasteiger partial charge in [-0.05, 0) is 41.8 Å². The first-order valence-electron chi connectivity index (χ1n) is 9.44. The number of carbonyl (C=O) groups is 2. The fourth-order valence-electron chi connectivity index (χ4n) is 3.43. The summed E-state index contributed by atoms with van der Waals surface area (Å²) in [6.07, 6.45) is 1.32. The van der Waals surface area contributed by atoms with Crippen LogP contribution >= 0.6 is 0 Å². The van der Waals surface area contributed by atoms with Gasteiger partial charge in [-0.1, -0.05) is 31.2 Å². The van der Waals surface area contributed by atoms with E-state index in [0.29, 0.717) is 18.5 Å². The molecule has 1 N–H and O–H groups in total. The lowest BCUT2D eigenvalue weighted by Crippen LogP contribution is -2.37. The second kappa shape index (κ2) is 8.25. The Labute approximate surface area is 161 Å². The van der Waals surface area contributed by atoms with Crippen LogP contribution in [0.5, 0.6) is 0 Å². The molecule has 3 rings (SSSR count). The zero-order valence-corrected chi connectivity index (χ0v) is 16.2. The molecule has 2 amide bonds. The summed E-state index contributed by atoms with van der Waals surface area (Å²) in [7, 11) is 4.02. The van der Waals surface area contributed by atoms with Crippen molar-refractivity contribution in [3.05, 3.63) is 54.1 Å². The van der Waals surface area contributed by atoms with Crippen molar-refractivity contribution < 1.29 is 9.59 Å². The van der Waals surface area contributed by atoms with Crippen LogP contribution in [0.25, 0.3) is 11.1 Å². The smallest absolute Gasteiger partial charge is 0.251 e. The van der Waals surface area contributed by atoms with Crippen molar-refractivity contribution in [2.75, 3.05) is 32.1 Å². The highest BCUT2D eigenvalue weighted by Gasteiger charge is 2.30. The lowest BCUT2D eigenvalue weighted by atomic mass is 10.0. The molecule has 1 atom stereocenters. The summed E-state index contributed by atoms with van der Waals surface area (Å²) < 4.78 is 0. The monoisotopic (exact) mass is 365 g/mol. The lowest BCUT2D eigenvalue weighted by Gasteiger charge is -2.16. The van der Waals surface area contributed by atoms with Crippen LogP contribution in [0.15, 0.2) is 48.5 Å². The SMILES string of the molecule is CCCN1C[C@H](NC(=O)c2cccc(-c3cccc(N(C)C)c3)c2)CC1=O. The fraction of sp³-hybridized carbons (Fsp3) is 0.364. The van der Waals surface area contributed by atoms with E-state index in [2.05, 4.69) is 29.3 Å². The highest BCUT2D eigenvalue weighted by molar-refractivity contribution is 5.96. The van der Waals surface area contributed by atoms with Gasteiger partial charge in [0.15, 0.2) is 0 Å². The molecule has 0 radical (unpaired) electrons. The summed E-state index contributed by atoms with van der Waals surface area (Å²) in [4.78, 5) is 28.6. The molecule has 5 heteroatoms. The Morgan fingerprint density at radius 1 is 1.15 bits per heavy atom. The quantitative estimate of drug-likeness (QED) is 0.856. The average molecular weight is 365 g/mol. The summed E-state index contributed by atoms with van der Waals surface area (Å²) in [6, 6.07) is 15.7. The molecule has 1 aliphatic heterocycles. The van der Waals surface area contributed by atoms with Crippen molar-refractivity contribution in [2.24, 2.45) is 0 Å². The molecule has 0 bridgehead atoms. The van der Waals surface area contributed by atoms with Gasteiger partial charge in [-0.15, -0.1) is 0 Å². The van der Waals surface area contributed by atoms with E-state index in [0.717, 1.165) is 29.8 Å². The van der Waals surface area contributed by atoms with Gasteiger partial charge < -0.3 is 15.1 Å². The number of rotatable bonds is 6. The van der Waals surface area contributed by atoms with Crippen LogP contribution in [0.2, 0.25) is 0 Å². The molecule has 2 aromatic carbocycles. The van der Waals surface area contributed by atoms with Crippen LogP contribution in [0, 0.1) is 0 Å². The number of anilines is 1. The van der Waals surface area contributed by atoms with Gasteiger partial charge >= 0.3 is 0 Å². The number of likely N-dealkylation sites (tertiary alicyclic amines) is 1. The van der Waals surface area contributed by atoms with Crippen molar-refractivity contribution in [1.29, 1.82) is 0 Å². The minimum Gasteiger partial charge on any atom is -0.378 e. The van der Waals surface area contributed by atoms with Gasteiger partial charge in [0.05, 0.1) is 6.04 Å². The number of nitrogens with zero attached hydrogens (tertiary/aromatic N) is 2. The molecule has 1 saturated heterocycles. The summed E-state index contributed by atoms with van der Waals surface area (Å²) in [5.41, 5.74) is 3.80. The average Bonchev–Trinajstić information content (AvgIpc) is 3.01. The molecule has 0 aromatic heterocycles. The van der Waals surface area contributed by atoms with E-state index in [1.807, 2.05) is 55.4 Å². The van der Waals surface area contributed by atoms with E-state index in [-0.39, 0.29) is 17.9 Å². The molecule has 0 unspecified atom stereocenters. The third-order valence-electron chi connectivity index (χ3n) is 4.86. The van der Waals surface area contributed by atoms with E-state index in [1.54, 1.807) is 0 Å². The van der Waals surface area contributed by atoms with Crippen LogP contribution < -0.4 is 10.2 Å². The maximum Gasteiger partial charge on any atom is 0.251 e. The van der Waals surface area contributed by atoms with Gasteiger partial charge in [-0.2, -0.15) is 0 Å².